The molecular weight excluding hydrogens is 810 g/mol. The molecule has 4 heterocycles. The Morgan fingerprint density at radius 1 is 1.23 bits per heavy atom. The van der Waals surface area contributed by atoms with Gasteiger partial charge in [-0.15, -0.1) is 5.10 Å². The van der Waals surface area contributed by atoms with E-state index in [0.29, 0.717) is 37.4 Å². The number of likely N-dealkylation sites (N-methyl/N-ethyl adjacent to an activating group) is 1. The predicted octanol–water partition coefficient (Wildman–Crippen LogP) is 4.47. The molecule has 336 valence electrons. The number of nitrogens with one attached hydrogen (secondary N) is 2. The van der Waals surface area contributed by atoms with Gasteiger partial charge in [0.2, 0.25) is 11.8 Å². The number of epoxide rings is 1. The first-order chi connectivity index (χ1) is 28.6. The largest absolute Gasteiger partial charge is 0.495 e. The molecule has 2 fully saturated rings. The number of hydrogen-bond acceptors (Lipinski definition) is 13. The summed E-state index contributed by atoms with van der Waals surface area (Å²) in [4.78, 5) is 57.2. The van der Waals surface area contributed by atoms with Crippen LogP contribution in [0.1, 0.15) is 85.4 Å². The van der Waals surface area contributed by atoms with E-state index in [2.05, 4.69) is 41.7 Å². The van der Waals surface area contributed by atoms with Crippen molar-refractivity contribution in [3.05, 3.63) is 58.4 Å². The summed E-state index contributed by atoms with van der Waals surface area (Å²) in [5, 5.41) is 26.3. The van der Waals surface area contributed by atoms with Crippen LogP contribution in [0.15, 0.2) is 42.1 Å². The van der Waals surface area contributed by atoms with Crippen LogP contribution in [0, 0.1) is 5.92 Å². The minimum absolute atomic E-state index is 0.0614. The highest BCUT2D eigenvalue weighted by Crippen LogP contribution is 2.49. The van der Waals surface area contributed by atoms with Gasteiger partial charge < -0.3 is 43.9 Å². The lowest BCUT2D eigenvalue weighted by Gasteiger charge is -2.42. The molecule has 5 rings (SSSR count). The van der Waals surface area contributed by atoms with Crippen molar-refractivity contribution in [2.75, 3.05) is 33.2 Å². The summed E-state index contributed by atoms with van der Waals surface area (Å²) in [6.45, 7) is 14.2. The maximum atomic E-state index is 14.3. The first-order valence-electron chi connectivity index (χ1n) is 20.6. The van der Waals surface area contributed by atoms with Crippen molar-refractivity contribution in [2.45, 2.75) is 141 Å². The van der Waals surface area contributed by atoms with E-state index < -0.39 is 65.7 Å². The number of allylic oxidation sites excluding steroid dienone is 3. The number of benzene rings is 1. The lowest BCUT2D eigenvalue weighted by atomic mass is 9.83. The second-order valence-corrected chi connectivity index (χ2v) is 18.0. The highest BCUT2D eigenvalue weighted by Gasteiger charge is 2.64. The van der Waals surface area contributed by atoms with Crippen molar-refractivity contribution in [1.29, 1.82) is 0 Å². The highest BCUT2D eigenvalue weighted by atomic mass is 35.5. The number of fused-ring (bicyclic) bond motifs is 5. The molecule has 4 bridgehead atoms. The van der Waals surface area contributed by atoms with Gasteiger partial charge in [0.05, 0.1) is 31.0 Å². The second-order valence-electron chi connectivity index (χ2n) is 17.6. The van der Waals surface area contributed by atoms with Crippen LogP contribution >= 0.6 is 11.6 Å². The lowest BCUT2D eigenvalue weighted by molar-refractivity contribution is -0.162. The van der Waals surface area contributed by atoms with Crippen LogP contribution in [-0.2, 0) is 52.8 Å². The van der Waals surface area contributed by atoms with Crippen molar-refractivity contribution in [2.24, 2.45) is 5.92 Å². The van der Waals surface area contributed by atoms with Gasteiger partial charge in [-0.2, -0.15) is 0 Å². The third-order valence-electron chi connectivity index (χ3n) is 11.7. The Bertz CT molecular complexity index is 2000. The number of esters is 1. The highest BCUT2D eigenvalue weighted by molar-refractivity contribution is 6.35. The van der Waals surface area contributed by atoms with E-state index in [1.807, 2.05) is 19.2 Å². The van der Waals surface area contributed by atoms with Crippen LogP contribution in [0.2, 0.25) is 5.02 Å². The standard InChI is InChI=1S/C43H62ClN7O10/c1-25-14-12-15-33(58-11)43(56)22-32(59-40(55)46-43)26(2)38-42(7,61-38)34(21-36(53)50(9)30-19-28(18-25)20-31(57-10)37(30)44)60-39(54)27(3)49(8)35(52)16-13-17-51-24-29(47-48-51)23-45-41(4,5)6/h12,14-15,19-20,24,26-27,32-34,38,45,56H,13,16-18,21-23H2,1-11H3,(H,46,55)/b15-12+,25-14+/t26-,27+,32+,33-,34+,38+,42+,43+/m1/s1. The molecule has 17 nitrogen and oxygen atoms in total. The van der Waals surface area contributed by atoms with Gasteiger partial charge in [0, 0.05) is 64.8 Å². The summed E-state index contributed by atoms with van der Waals surface area (Å²) in [5.41, 5.74) is -0.263. The third-order valence-corrected chi connectivity index (χ3v) is 12.1. The van der Waals surface area contributed by atoms with Crippen molar-refractivity contribution in [3.63, 3.8) is 0 Å². The van der Waals surface area contributed by atoms with E-state index in [4.69, 9.17) is 35.3 Å². The fraction of sp³-hybridized carbons (Fsp3) is 0.628. The van der Waals surface area contributed by atoms with E-state index in [0.717, 1.165) is 16.8 Å². The minimum atomic E-state index is -1.84. The van der Waals surface area contributed by atoms with Crippen LogP contribution in [-0.4, -0.2) is 125 Å². The number of methoxy groups -OCH3 is 2. The number of hydrogen-bond donors (Lipinski definition) is 3. The number of carbonyl (C=O) groups is 4. The molecule has 2 saturated heterocycles. The van der Waals surface area contributed by atoms with Gasteiger partial charge >= 0.3 is 12.1 Å². The SMILES string of the molecule is COc1cc2cc(c1Cl)N(C)C(=O)C[C@H](OC(=O)[C@H](C)N(C)C(=O)CCCn1cc(CNC(C)(C)C)nn1)[C@]1(C)O[C@H]1[C@H](C)[C@@H]1C[C@@](O)(NC(=O)O1)[C@H](OC)/C=C/C=C(\C)C2. The number of carbonyl (C=O) groups excluding carboxylic acids is 4. The number of aromatic nitrogens is 3. The van der Waals surface area contributed by atoms with Crippen molar-refractivity contribution in [1.82, 2.24) is 30.5 Å². The molecule has 2 aromatic rings. The lowest BCUT2D eigenvalue weighted by Crippen LogP contribution is -2.63. The molecule has 0 spiro atoms. The molecule has 0 saturated carbocycles. The van der Waals surface area contributed by atoms with Crippen LogP contribution in [0.25, 0.3) is 0 Å². The molecule has 3 N–H and O–H groups in total. The van der Waals surface area contributed by atoms with E-state index in [-0.39, 0.29) is 35.7 Å². The second kappa shape index (κ2) is 19.2. The van der Waals surface area contributed by atoms with Gasteiger partial charge in [0.1, 0.15) is 40.7 Å². The van der Waals surface area contributed by atoms with E-state index in [1.54, 1.807) is 56.8 Å². The maximum absolute atomic E-state index is 14.3. The third kappa shape index (κ3) is 11.5. The molecule has 3 aliphatic heterocycles. The molecule has 1 aromatic heterocycles. The molecule has 8 atom stereocenters. The van der Waals surface area contributed by atoms with Crippen LogP contribution in [0.5, 0.6) is 5.75 Å². The molecule has 3 aliphatic rings. The molecule has 18 heteroatoms. The Kier molecular flexibility index (Phi) is 15.0. The fourth-order valence-electron chi connectivity index (χ4n) is 7.67. The summed E-state index contributed by atoms with van der Waals surface area (Å²) in [6.07, 6.45) is 3.25. The van der Waals surface area contributed by atoms with E-state index in [9.17, 15) is 24.3 Å². The molecular formula is C43H62ClN7O10. The fourth-order valence-corrected chi connectivity index (χ4v) is 7.98. The molecule has 3 amide bonds. The number of alkyl carbamates (subject to hydrolysis) is 1. The van der Waals surface area contributed by atoms with E-state index >= 15 is 0 Å². The van der Waals surface area contributed by atoms with Crippen LogP contribution in [0.4, 0.5) is 10.5 Å². The Hall–Kier alpha value is -4.55. The first-order valence-corrected chi connectivity index (χ1v) is 21.0. The number of ether oxygens (including phenoxy) is 5. The zero-order chi connectivity index (χ0) is 45.0. The number of amides is 3. The average molecular weight is 872 g/mol. The first kappa shape index (κ1) is 47.5. The number of anilines is 1. The molecule has 0 unspecified atom stereocenters. The van der Waals surface area contributed by atoms with Gasteiger partial charge in [-0.05, 0) is 72.1 Å². The summed E-state index contributed by atoms with van der Waals surface area (Å²) < 4.78 is 31.1. The summed E-state index contributed by atoms with van der Waals surface area (Å²) >= 11 is 6.80. The Morgan fingerprint density at radius 3 is 2.62 bits per heavy atom. The van der Waals surface area contributed by atoms with Crippen molar-refractivity contribution in [3.8, 4) is 5.75 Å². The van der Waals surface area contributed by atoms with Gasteiger partial charge in [0.25, 0.3) is 0 Å². The van der Waals surface area contributed by atoms with Crippen molar-refractivity contribution < 1.29 is 48.0 Å². The van der Waals surface area contributed by atoms with Gasteiger partial charge in [0.15, 0.2) is 5.72 Å². The summed E-state index contributed by atoms with van der Waals surface area (Å²) in [6, 6.07) is 2.56. The Labute approximate surface area is 363 Å². The van der Waals surface area contributed by atoms with Gasteiger partial charge in [-0.3, -0.25) is 19.6 Å². The monoisotopic (exact) mass is 871 g/mol. The zero-order valence-corrected chi connectivity index (χ0v) is 37.9. The zero-order valence-electron chi connectivity index (χ0n) is 37.1. The van der Waals surface area contributed by atoms with Gasteiger partial charge in [-0.1, -0.05) is 47.5 Å². The topological polar surface area (TPSA) is 199 Å². The summed E-state index contributed by atoms with van der Waals surface area (Å²) in [5.74, 6) is -1.65. The normalized spacial score (nSPS) is 29.0. The van der Waals surface area contributed by atoms with Crippen LogP contribution in [0.3, 0.4) is 0 Å². The minimum Gasteiger partial charge on any atom is -0.495 e. The number of aliphatic hydroxyl groups is 1. The quantitative estimate of drug-likeness (QED) is 0.211. The van der Waals surface area contributed by atoms with E-state index in [1.165, 1.54) is 31.1 Å². The predicted molar refractivity (Wildman–Crippen MR) is 227 cm³/mol. The number of rotatable bonds is 11. The number of aryl methyl sites for hydroxylation is 1. The molecule has 61 heavy (non-hydrogen) atoms. The smallest absolute Gasteiger partial charge is 0.409 e. The molecule has 1 aromatic carbocycles. The average Bonchev–Trinajstić information content (AvgIpc) is 3.68. The Morgan fingerprint density at radius 2 is 1.95 bits per heavy atom. The Balaban J connectivity index is 1.38. The van der Waals surface area contributed by atoms with Crippen molar-refractivity contribution >= 4 is 41.2 Å². The summed E-state index contributed by atoms with van der Waals surface area (Å²) in [7, 11) is 6.02. The molecule has 0 aliphatic carbocycles. The molecule has 0 radical (unpaired) electrons. The number of halogens is 1. The van der Waals surface area contributed by atoms with Gasteiger partial charge in [-0.25, -0.2) is 9.59 Å². The number of nitrogens with zero attached hydrogens (tertiary/aromatic N) is 5. The van der Waals surface area contributed by atoms with Crippen LogP contribution < -0.4 is 20.3 Å². The maximum Gasteiger partial charge on any atom is 0.409 e.